The molecule has 0 atom stereocenters. The fraction of sp³-hybridized carbons (Fsp3) is 0.700. The highest BCUT2D eigenvalue weighted by molar-refractivity contribution is 7.98. The number of methoxy groups -OCH3 is 1. The van der Waals surface area contributed by atoms with Crippen molar-refractivity contribution in [2.24, 2.45) is 0 Å². The molecule has 0 aliphatic rings. The normalized spacial score (nSPS) is 10.8. The van der Waals surface area contributed by atoms with Crippen LogP contribution in [0.4, 0.5) is 5.13 Å². The fourth-order valence-electron chi connectivity index (χ4n) is 1.23. The van der Waals surface area contributed by atoms with E-state index < -0.39 is 0 Å². The van der Waals surface area contributed by atoms with Crippen LogP contribution in [0.1, 0.15) is 10.6 Å². The first-order chi connectivity index (χ1) is 7.72. The van der Waals surface area contributed by atoms with Gasteiger partial charge in [-0.1, -0.05) is 11.3 Å². The highest BCUT2D eigenvalue weighted by Gasteiger charge is 2.12. The number of anilines is 1. The SMILES string of the molecule is COCc1nc(N(C)CCSC)sc1CO. The Bertz CT molecular complexity index is 318. The van der Waals surface area contributed by atoms with Crippen molar-refractivity contribution in [2.45, 2.75) is 13.2 Å². The molecule has 6 heteroatoms. The maximum Gasteiger partial charge on any atom is 0.185 e. The molecule has 4 nitrogen and oxygen atoms in total. The van der Waals surface area contributed by atoms with Gasteiger partial charge in [0, 0.05) is 26.5 Å². The number of ether oxygens (including phenoxy) is 1. The number of hydrogen-bond acceptors (Lipinski definition) is 6. The van der Waals surface area contributed by atoms with E-state index in [4.69, 9.17) is 4.74 Å². The molecule has 0 fully saturated rings. The van der Waals surface area contributed by atoms with Crippen LogP contribution in [0.3, 0.4) is 0 Å². The van der Waals surface area contributed by atoms with Crippen molar-refractivity contribution in [3.05, 3.63) is 10.6 Å². The molecule has 0 saturated heterocycles. The minimum Gasteiger partial charge on any atom is -0.391 e. The molecule has 16 heavy (non-hydrogen) atoms. The first kappa shape index (κ1) is 13.8. The minimum absolute atomic E-state index is 0.0345. The third kappa shape index (κ3) is 3.62. The van der Waals surface area contributed by atoms with Crippen LogP contribution in [0.15, 0.2) is 0 Å². The summed E-state index contributed by atoms with van der Waals surface area (Å²) in [5.74, 6) is 1.07. The molecule has 1 aromatic heterocycles. The van der Waals surface area contributed by atoms with Gasteiger partial charge in [-0.3, -0.25) is 0 Å². The molecule has 0 radical (unpaired) electrons. The van der Waals surface area contributed by atoms with Crippen molar-refractivity contribution in [3.63, 3.8) is 0 Å². The average molecular weight is 262 g/mol. The predicted octanol–water partition coefficient (Wildman–Crippen LogP) is 1.58. The van der Waals surface area contributed by atoms with Crippen molar-refractivity contribution in [1.82, 2.24) is 4.98 Å². The van der Waals surface area contributed by atoms with Gasteiger partial charge in [-0.15, -0.1) is 0 Å². The largest absolute Gasteiger partial charge is 0.391 e. The van der Waals surface area contributed by atoms with Crippen LogP contribution in [0.5, 0.6) is 0 Å². The summed E-state index contributed by atoms with van der Waals surface area (Å²) in [6.45, 7) is 1.46. The van der Waals surface area contributed by atoms with Crippen molar-refractivity contribution in [1.29, 1.82) is 0 Å². The van der Waals surface area contributed by atoms with Crippen LogP contribution in [-0.4, -0.2) is 42.8 Å². The molecule has 0 unspecified atom stereocenters. The number of aliphatic hydroxyl groups is 1. The van der Waals surface area contributed by atoms with Crippen LogP contribution in [-0.2, 0) is 18.0 Å². The molecule has 1 aromatic rings. The maximum atomic E-state index is 9.21. The Labute approximate surface area is 105 Å². The Hall–Kier alpha value is -0.300. The highest BCUT2D eigenvalue weighted by Crippen LogP contribution is 2.26. The van der Waals surface area contributed by atoms with E-state index in [9.17, 15) is 5.11 Å². The topological polar surface area (TPSA) is 45.6 Å². The Balaban J connectivity index is 2.72. The zero-order valence-corrected chi connectivity index (χ0v) is 11.5. The molecular formula is C10H18N2O2S2. The lowest BCUT2D eigenvalue weighted by Gasteiger charge is -2.14. The summed E-state index contributed by atoms with van der Waals surface area (Å²) in [5, 5.41) is 10.2. The number of thioether (sulfide) groups is 1. The minimum atomic E-state index is 0.0345. The summed E-state index contributed by atoms with van der Waals surface area (Å²) in [7, 11) is 3.66. The third-order valence-corrected chi connectivity index (χ3v) is 3.94. The van der Waals surface area contributed by atoms with Crippen LogP contribution in [0.25, 0.3) is 0 Å². The molecule has 0 aliphatic heterocycles. The fourth-order valence-corrected chi connectivity index (χ4v) is 2.60. The summed E-state index contributed by atoms with van der Waals surface area (Å²) in [6, 6.07) is 0. The molecule has 0 bridgehead atoms. The summed E-state index contributed by atoms with van der Waals surface area (Å²) in [5.41, 5.74) is 0.848. The second-order valence-corrected chi connectivity index (χ2v) is 5.42. The average Bonchev–Trinajstić information content (AvgIpc) is 2.69. The highest BCUT2D eigenvalue weighted by atomic mass is 32.2. The van der Waals surface area contributed by atoms with E-state index in [2.05, 4.69) is 16.1 Å². The van der Waals surface area contributed by atoms with Crippen LogP contribution < -0.4 is 4.90 Å². The van der Waals surface area contributed by atoms with E-state index in [0.29, 0.717) is 6.61 Å². The van der Waals surface area contributed by atoms with Crippen molar-refractivity contribution >= 4 is 28.2 Å². The maximum absolute atomic E-state index is 9.21. The van der Waals surface area contributed by atoms with Crippen LogP contribution in [0, 0.1) is 0 Å². The van der Waals surface area contributed by atoms with Gasteiger partial charge in [0.15, 0.2) is 5.13 Å². The monoisotopic (exact) mass is 262 g/mol. The smallest absolute Gasteiger partial charge is 0.185 e. The zero-order chi connectivity index (χ0) is 12.0. The number of nitrogens with zero attached hydrogens (tertiary/aromatic N) is 2. The quantitative estimate of drug-likeness (QED) is 0.808. The van der Waals surface area contributed by atoms with Gasteiger partial charge in [0.25, 0.3) is 0 Å². The predicted molar refractivity (Wildman–Crippen MR) is 70.4 cm³/mol. The van der Waals surface area contributed by atoms with E-state index in [-0.39, 0.29) is 6.61 Å². The Kier molecular flexibility index (Phi) is 6.12. The van der Waals surface area contributed by atoms with E-state index in [1.165, 1.54) is 11.3 Å². The Morgan fingerprint density at radius 3 is 2.88 bits per heavy atom. The number of aromatic nitrogens is 1. The van der Waals surface area contributed by atoms with Gasteiger partial charge in [-0.25, -0.2) is 4.98 Å². The molecule has 1 rings (SSSR count). The molecular weight excluding hydrogens is 244 g/mol. The van der Waals surface area contributed by atoms with Crippen LogP contribution in [0.2, 0.25) is 0 Å². The van der Waals surface area contributed by atoms with Gasteiger partial charge in [-0.05, 0) is 6.26 Å². The zero-order valence-electron chi connectivity index (χ0n) is 9.89. The Morgan fingerprint density at radius 1 is 1.56 bits per heavy atom. The number of thiazole rings is 1. The van der Waals surface area contributed by atoms with Gasteiger partial charge >= 0.3 is 0 Å². The molecule has 0 aromatic carbocycles. The molecule has 0 spiro atoms. The number of hydrogen-bond donors (Lipinski definition) is 1. The van der Waals surface area contributed by atoms with Crippen molar-refractivity contribution < 1.29 is 9.84 Å². The second-order valence-electron chi connectivity index (χ2n) is 3.37. The molecule has 0 saturated carbocycles. The first-order valence-electron chi connectivity index (χ1n) is 5.01. The number of aliphatic hydroxyl groups excluding tert-OH is 1. The molecule has 1 N–H and O–H groups in total. The van der Waals surface area contributed by atoms with Gasteiger partial charge in [-0.2, -0.15) is 11.8 Å². The number of rotatable bonds is 7. The summed E-state index contributed by atoms with van der Waals surface area (Å²) < 4.78 is 5.06. The van der Waals surface area contributed by atoms with Crippen molar-refractivity contribution in [3.8, 4) is 0 Å². The standard InChI is InChI=1S/C10H18N2O2S2/c1-12(4-5-15-3)10-11-8(7-14-2)9(6-13)16-10/h13H,4-7H2,1-3H3. The van der Waals surface area contributed by atoms with E-state index in [1.807, 2.05) is 18.8 Å². The van der Waals surface area contributed by atoms with Gasteiger partial charge in [0.2, 0.25) is 0 Å². The van der Waals surface area contributed by atoms with E-state index >= 15 is 0 Å². The first-order valence-corrected chi connectivity index (χ1v) is 7.22. The molecule has 0 aliphatic carbocycles. The molecule has 1 heterocycles. The lowest BCUT2D eigenvalue weighted by atomic mass is 10.4. The summed E-state index contributed by atoms with van der Waals surface area (Å²) in [6.07, 6.45) is 2.09. The summed E-state index contributed by atoms with van der Waals surface area (Å²) in [4.78, 5) is 7.48. The van der Waals surface area contributed by atoms with Gasteiger partial charge in [0.05, 0.1) is 23.8 Å². The lowest BCUT2D eigenvalue weighted by Crippen LogP contribution is -2.19. The second kappa shape index (κ2) is 7.11. The molecule has 0 amide bonds. The van der Waals surface area contributed by atoms with Gasteiger partial charge < -0.3 is 14.7 Å². The Morgan fingerprint density at radius 2 is 2.31 bits per heavy atom. The van der Waals surface area contributed by atoms with Crippen LogP contribution >= 0.6 is 23.1 Å². The molecule has 92 valence electrons. The van der Waals surface area contributed by atoms with E-state index in [0.717, 1.165) is 28.0 Å². The van der Waals surface area contributed by atoms with Crippen molar-refractivity contribution in [2.75, 3.05) is 37.6 Å². The van der Waals surface area contributed by atoms with E-state index in [1.54, 1.807) is 7.11 Å². The lowest BCUT2D eigenvalue weighted by molar-refractivity contribution is 0.179. The third-order valence-electron chi connectivity index (χ3n) is 2.15. The van der Waals surface area contributed by atoms with Gasteiger partial charge in [0.1, 0.15) is 0 Å². The summed E-state index contributed by atoms with van der Waals surface area (Å²) >= 11 is 3.35.